The van der Waals surface area contributed by atoms with E-state index >= 15 is 0 Å². The number of hydrogen-bond acceptors (Lipinski definition) is 11. The molecule has 0 aromatic heterocycles. The summed E-state index contributed by atoms with van der Waals surface area (Å²) in [6.07, 6.45) is 0.0710. The van der Waals surface area contributed by atoms with E-state index in [1.807, 2.05) is 0 Å². The standard InChI is InChI=1S/C31H34F2N4O8/c1-36(2)19-11-18(35-12-13-5-7-15(8-6-13)45-30(32)33)24(38)21-16(19)9-14-10-17-23(37(3)4)26(40)22(29(34)43)28(42)31(17,44)27(41)20(14)25(21)39/h5-8,11,14,17,20,22-23,30,35,38,44H,9-10,12H2,1-4H3,(H2,34,43)/t14-,17-,20?,22?,23-,31-/m0/s1. The van der Waals surface area contributed by atoms with Crippen LogP contribution in [0.5, 0.6) is 11.5 Å². The van der Waals surface area contributed by atoms with E-state index in [0.717, 1.165) is 0 Å². The minimum atomic E-state index is -2.97. The van der Waals surface area contributed by atoms with Crippen molar-refractivity contribution in [3.8, 4) is 11.5 Å². The van der Waals surface area contributed by atoms with Gasteiger partial charge in [0.25, 0.3) is 0 Å². The number of anilines is 2. The fourth-order valence-corrected chi connectivity index (χ4v) is 7.17. The highest BCUT2D eigenvalue weighted by Crippen LogP contribution is 2.52. The molecule has 6 atom stereocenters. The number of Topliss-reactive ketones (excluding diaryl/α,β-unsaturated/α-hetero) is 4. The maximum atomic E-state index is 14.1. The van der Waals surface area contributed by atoms with Crippen LogP contribution in [0.1, 0.15) is 27.9 Å². The lowest BCUT2D eigenvalue weighted by molar-refractivity contribution is -0.181. The number of ketones is 4. The minimum absolute atomic E-state index is 0.0265. The lowest BCUT2D eigenvalue weighted by Crippen LogP contribution is -2.74. The van der Waals surface area contributed by atoms with Crippen LogP contribution in [0.2, 0.25) is 0 Å². The van der Waals surface area contributed by atoms with Gasteiger partial charge in [0.2, 0.25) is 5.91 Å². The molecule has 5 N–H and O–H groups in total. The molecule has 2 aromatic carbocycles. The predicted octanol–water partition coefficient (Wildman–Crippen LogP) is 1.15. The number of nitrogens with two attached hydrogens (primary N) is 1. The topological polar surface area (TPSA) is 180 Å². The summed E-state index contributed by atoms with van der Waals surface area (Å²) in [4.78, 5) is 70.3. The third kappa shape index (κ3) is 5.11. The van der Waals surface area contributed by atoms with Crippen LogP contribution in [0.25, 0.3) is 0 Å². The molecule has 0 saturated heterocycles. The number of aromatic hydroxyl groups is 1. The van der Waals surface area contributed by atoms with Crippen molar-refractivity contribution in [1.29, 1.82) is 0 Å². The molecule has 2 saturated carbocycles. The van der Waals surface area contributed by atoms with E-state index in [0.29, 0.717) is 16.8 Å². The summed E-state index contributed by atoms with van der Waals surface area (Å²) in [5.74, 6) is -11.3. The highest BCUT2D eigenvalue weighted by Gasteiger charge is 2.69. The number of halogens is 2. The molecule has 2 unspecified atom stereocenters. The SMILES string of the molecule is CN(C)c1cc(NCc2ccc(OC(F)F)cc2)c(O)c2c1C[C@H]1C[C@H]3[C@H](N(C)C)C(=O)C(C(N)=O)C(=O)[C@@]3(O)C(=O)C1C2=O. The fourth-order valence-electron chi connectivity index (χ4n) is 7.17. The number of fused-ring (bicyclic) bond motifs is 3. The van der Waals surface area contributed by atoms with Crippen molar-refractivity contribution in [2.75, 3.05) is 38.4 Å². The average molecular weight is 629 g/mol. The normalized spacial score (nSPS) is 27.6. The summed E-state index contributed by atoms with van der Waals surface area (Å²) in [6.45, 7) is -2.85. The number of carbonyl (C=O) groups is 5. The number of phenolic OH excluding ortho intramolecular Hbond substituents is 1. The summed E-state index contributed by atoms with van der Waals surface area (Å²) in [6, 6.07) is 6.28. The number of phenols is 1. The molecule has 2 fully saturated rings. The first-order valence-corrected chi connectivity index (χ1v) is 14.3. The average Bonchev–Trinajstić information content (AvgIpc) is 2.94. The molecule has 12 nitrogen and oxygen atoms in total. The molecule has 0 spiro atoms. The van der Waals surface area contributed by atoms with E-state index in [9.17, 15) is 43.0 Å². The van der Waals surface area contributed by atoms with E-state index in [4.69, 9.17) is 5.73 Å². The van der Waals surface area contributed by atoms with Crippen LogP contribution in [-0.4, -0.2) is 90.6 Å². The number of primary amides is 1. The van der Waals surface area contributed by atoms with Gasteiger partial charge in [0, 0.05) is 32.2 Å². The molecule has 5 rings (SSSR count). The summed E-state index contributed by atoms with van der Waals surface area (Å²) in [5.41, 5.74) is 4.24. The Morgan fingerprint density at radius 2 is 1.76 bits per heavy atom. The zero-order valence-corrected chi connectivity index (χ0v) is 25.0. The second-order valence-electron chi connectivity index (χ2n) is 12.2. The number of ether oxygens (including phenoxy) is 1. The van der Waals surface area contributed by atoms with Gasteiger partial charge in [0.15, 0.2) is 34.7 Å². The molecule has 1 amide bonds. The fraction of sp³-hybridized carbons (Fsp3) is 0.452. The van der Waals surface area contributed by atoms with Gasteiger partial charge >= 0.3 is 6.61 Å². The Morgan fingerprint density at radius 3 is 2.31 bits per heavy atom. The van der Waals surface area contributed by atoms with Crippen LogP contribution >= 0.6 is 0 Å². The molecule has 0 heterocycles. The van der Waals surface area contributed by atoms with Gasteiger partial charge < -0.3 is 30.9 Å². The number of benzene rings is 2. The van der Waals surface area contributed by atoms with Crippen LogP contribution in [0.3, 0.4) is 0 Å². The largest absolute Gasteiger partial charge is 0.505 e. The number of alkyl halides is 2. The molecular formula is C31H34F2N4O8. The van der Waals surface area contributed by atoms with Crippen LogP contribution in [0.4, 0.5) is 20.2 Å². The third-order valence-corrected chi connectivity index (χ3v) is 9.15. The lowest BCUT2D eigenvalue weighted by atomic mass is 9.52. The number of carbonyl (C=O) groups excluding carboxylic acids is 5. The Balaban J connectivity index is 1.53. The quantitative estimate of drug-likeness (QED) is 0.243. The molecule has 0 radical (unpaired) electrons. The Kier molecular flexibility index (Phi) is 8.17. The molecule has 0 aliphatic heterocycles. The molecular weight excluding hydrogens is 594 g/mol. The van der Waals surface area contributed by atoms with Crippen LogP contribution in [0, 0.1) is 23.7 Å². The molecule has 240 valence electrons. The summed E-state index contributed by atoms with van der Waals surface area (Å²) in [5, 5.41) is 26.2. The van der Waals surface area contributed by atoms with Crippen molar-refractivity contribution in [2.24, 2.45) is 29.4 Å². The lowest BCUT2D eigenvalue weighted by Gasteiger charge is -2.52. The minimum Gasteiger partial charge on any atom is -0.505 e. The van der Waals surface area contributed by atoms with Gasteiger partial charge in [-0.1, -0.05) is 12.1 Å². The van der Waals surface area contributed by atoms with Gasteiger partial charge in [-0.05, 0) is 62.2 Å². The van der Waals surface area contributed by atoms with Gasteiger partial charge in [0.05, 0.1) is 23.2 Å². The maximum Gasteiger partial charge on any atom is 0.387 e. The van der Waals surface area contributed by atoms with Crippen molar-refractivity contribution in [2.45, 2.75) is 37.6 Å². The number of aliphatic hydroxyl groups is 1. The number of likely N-dealkylation sites (N-methyl/N-ethyl adjacent to an activating group) is 1. The van der Waals surface area contributed by atoms with Gasteiger partial charge in [-0.25, -0.2) is 0 Å². The molecule has 45 heavy (non-hydrogen) atoms. The van der Waals surface area contributed by atoms with Gasteiger partial charge in [-0.3, -0.25) is 28.9 Å². The molecule has 2 aromatic rings. The molecule has 3 aliphatic carbocycles. The van der Waals surface area contributed by atoms with E-state index < -0.39 is 76.7 Å². The predicted molar refractivity (Wildman–Crippen MR) is 156 cm³/mol. The highest BCUT2D eigenvalue weighted by molar-refractivity contribution is 6.32. The van der Waals surface area contributed by atoms with Crippen molar-refractivity contribution >= 4 is 40.4 Å². The zero-order chi connectivity index (χ0) is 33.1. The Hall–Kier alpha value is -4.43. The first-order valence-electron chi connectivity index (χ1n) is 14.3. The molecule has 14 heteroatoms. The zero-order valence-electron chi connectivity index (χ0n) is 25.0. The Bertz CT molecular complexity index is 1590. The van der Waals surface area contributed by atoms with E-state index in [1.165, 1.54) is 31.1 Å². The Morgan fingerprint density at radius 1 is 1.11 bits per heavy atom. The first kappa shape index (κ1) is 32.0. The number of hydrogen-bond donors (Lipinski definition) is 4. The van der Waals surface area contributed by atoms with Gasteiger partial charge in [-0.15, -0.1) is 0 Å². The van der Waals surface area contributed by atoms with E-state index in [2.05, 4.69) is 10.1 Å². The summed E-state index contributed by atoms with van der Waals surface area (Å²) >= 11 is 0. The summed E-state index contributed by atoms with van der Waals surface area (Å²) < 4.78 is 29.3. The van der Waals surface area contributed by atoms with Crippen molar-refractivity contribution in [3.05, 3.63) is 47.0 Å². The number of amides is 1. The van der Waals surface area contributed by atoms with Crippen LogP contribution in [-0.2, 0) is 32.1 Å². The van der Waals surface area contributed by atoms with Crippen LogP contribution < -0.4 is 20.7 Å². The van der Waals surface area contributed by atoms with Crippen molar-refractivity contribution in [3.63, 3.8) is 0 Å². The van der Waals surface area contributed by atoms with Gasteiger partial charge in [0.1, 0.15) is 11.5 Å². The number of rotatable bonds is 8. The van der Waals surface area contributed by atoms with Crippen molar-refractivity contribution < 1.29 is 47.7 Å². The van der Waals surface area contributed by atoms with Crippen molar-refractivity contribution in [1.82, 2.24) is 4.90 Å². The van der Waals surface area contributed by atoms with E-state index in [1.54, 1.807) is 37.2 Å². The number of nitrogens with one attached hydrogen (secondary N) is 1. The summed E-state index contributed by atoms with van der Waals surface area (Å²) in [7, 11) is 6.53. The van der Waals surface area contributed by atoms with Gasteiger partial charge in [-0.2, -0.15) is 8.78 Å². The molecule has 0 bridgehead atoms. The molecule has 3 aliphatic rings. The number of nitrogens with zero attached hydrogens (tertiary/aromatic N) is 2. The highest BCUT2D eigenvalue weighted by atomic mass is 19.3. The monoisotopic (exact) mass is 628 g/mol. The Labute approximate surface area is 257 Å². The van der Waals surface area contributed by atoms with Crippen LogP contribution in [0.15, 0.2) is 30.3 Å². The second-order valence-corrected chi connectivity index (χ2v) is 12.2. The maximum absolute atomic E-state index is 14.1. The third-order valence-electron chi connectivity index (χ3n) is 9.15. The second kappa shape index (κ2) is 11.5. The first-order chi connectivity index (χ1) is 21.1. The van der Waals surface area contributed by atoms with E-state index in [-0.39, 0.29) is 36.4 Å². The smallest absolute Gasteiger partial charge is 0.387 e.